The molecule has 2 aliphatic heterocycles. The average Bonchev–Trinajstić information content (AvgIpc) is 3.43. The summed E-state index contributed by atoms with van der Waals surface area (Å²) in [5.74, 6) is -0.394. The highest BCUT2D eigenvalue weighted by molar-refractivity contribution is 5.84. The molecular weight excluding hydrogens is 380 g/mol. The van der Waals surface area contributed by atoms with Gasteiger partial charge in [0, 0.05) is 37.6 Å². The summed E-state index contributed by atoms with van der Waals surface area (Å²) in [6, 6.07) is 11.8. The Bertz CT molecular complexity index is 881. The van der Waals surface area contributed by atoms with Crippen molar-refractivity contribution in [3.8, 4) is 0 Å². The maximum atomic E-state index is 10.9. The molecule has 1 saturated carbocycles. The SMILES string of the molecule is O=C(O)c1cnc(CN2CCC3(CC2)CC(NC2C[C@H]2c2ccccc2)CO3)cn1. The summed E-state index contributed by atoms with van der Waals surface area (Å²) in [4.78, 5) is 21.5. The highest BCUT2D eigenvalue weighted by Gasteiger charge is 2.46. The number of carbonyl (C=O) groups is 1. The number of carboxylic acid groups (broad SMARTS) is 1. The molecule has 1 aromatic heterocycles. The molecule has 7 nitrogen and oxygen atoms in total. The molecule has 3 aliphatic rings. The van der Waals surface area contributed by atoms with E-state index in [-0.39, 0.29) is 11.3 Å². The topological polar surface area (TPSA) is 87.6 Å². The van der Waals surface area contributed by atoms with E-state index in [9.17, 15) is 4.79 Å². The van der Waals surface area contributed by atoms with Crippen molar-refractivity contribution >= 4 is 5.97 Å². The molecule has 1 aliphatic carbocycles. The lowest BCUT2D eigenvalue weighted by molar-refractivity contribution is -0.0451. The van der Waals surface area contributed by atoms with Crippen molar-refractivity contribution in [1.82, 2.24) is 20.2 Å². The first-order valence-electron chi connectivity index (χ1n) is 10.8. The fraction of sp³-hybridized carbons (Fsp3) is 0.522. The van der Waals surface area contributed by atoms with Gasteiger partial charge in [0.1, 0.15) is 0 Å². The number of piperidine rings is 1. The van der Waals surface area contributed by atoms with Crippen LogP contribution in [-0.4, -0.2) is 63.3 Å². The normalized spacial score (nSPS) is 27.9. The fourth-order valence-corrected chi connectivity index (χ4v) is 4.94. The predicted octanol–water partition coefficient (Wildman–Crippen LogP) is 2.44. The molecule has 0 radical (unpaired) electrons. The van der Waals surface area contributed by atoms with E-state index in [0.717, 1.165) is 44.7 Å². The highest BCUT2D eigenvalue weighted by atomic mass is 16.5. The molecule has 30 heavy (non-hydrogen) atoms. The van der Waals surface area contributed by atoms with E-state index in [2.05, 4.69) is 50.5 Å². The van der Waals surface area contributed by atoms with E-state index in [1.807, 2.05) is 0 Å². The summed E-state index contributed by atoms with van der Waals surface area (Å²) in [5, 5.41) is 12.8. The van der Waals surface area contributed by atoms with Crippen LogP contribution < -0.4 is 5.32 Å². The Hall–Kier alpha value is -2.35. The second kappa shape index (κ2) is 8.06. The predicted molar refractivity (Wildman–Crippen MR) is 111 cm³/mol. The third-order valence-electron chi connectivity index (χ3n) is 6.75. The maximum absolute atomic E-state index is 10.9. The molecule has 2 N–H and O–H groups in total. The van der Waals surface area contributed by atoms with Crippen LogP contribution in [-0.2, 0) is 11.3 Å². The summed E-state index contributed by atoms with van der Waals surface area (Å²) in [5.41, 5.74) is 2.24. The Kier molecular flexibility index (Phi) is 5.26. The molecule has 1 aromatic carbocycles. The Labute approximate surface area is 176 Å². The number of hydrogen-bond donors (Lipinski definition) is 2. The van der Waals surface area contributed by atoms with Gasteiger partial charge in [-0.25, -0.2) is 9.78 Å². The van der Waals surface area contributed by atoms with Crippen molar-refractivity contribution < 1.29 is 14.6 Å². The van der Waals surface area contributed by atoms with Gasteiger partial charge in [-0.05, 0) is 31.2 Å². The number of benzene rings is 1. The van der Waals surface area contributed by atoms with Gasteiger partial charge in [-0.2, -0.15) is 0 Å². The summed E-state index contributed by atoms with van der Waals surface area (Å²) in [7, 11) is 0. The second-order valence-corrected chi connectivity index (χ2v) is 8.90. The van der Waals surface area contributed by atoms with E-state index in [0.29, 0.717) is 24.5 Å². The van der Waals surface area contributed by atoms with Gasteiger partial charge in [-0.15, -0.1) is 0 Å². The smallest absolute Gasteiger partial charge is 0.356 e. The van der Waals surface area contributed by atoms with Gasteiger partial charge in [-0.1, -0.05) is 30.3 Å². The van der Waals surface area contributed by atoms with Gasteiger partial charge >= 0.3 is 5.97 Å². The number of ether oxygens (including phenoxy) is 1. The molecule has 3 heterocycles. The van der Waals surface area contributed by atoms with Crippen molar-refractivity contribution in [2.24, 2.45) is 0 Å². The molecule has 158 valence electrons. The number of likely N-dealkylation sites (tertiary alicyclic amines) is 1. The lowest BCUT2D eigenvalue weighted by atomic mass is 9.87. The molecule has 0 bridgehead atoms. The van der Waals surface area contributed by atoms with Crippen LogP contribution in [0.15, 0.2) is 42.7 Å². The van der Waals surface area contributed by atoms with E-state index < -0.39 is 5.97 Å². The summed E-state index contributed by atoms with van der Waals surface area (Å²) in [6.45, 7) is 3.43. The Morgan fingerprint density at radius 2 is 2.00 bits per heavy atom. The number of nitrogens with one attached hydrogen (secondary N) is 1. The maximum Gasteiger partial charge on any atom is 0.356 e. The van der Waals surface area contributed by atoms with Crippen LogP contribution in [0.25, 0.3) is 0 Å². The molecule has 3 fully saturated rings. The summed E-state index contributed by atoms with van der Waals surface area (Å²) in [6.07, 6.45) is 7.27. The van der Waals surface area contributed by atoms with Gasteiger partial charge in [0.15, 0.2) is 5.69 Å². The average molecular weight is 409 g/mol. The van der Waals surface area contributed by atoms with Crippen LogP contribution in [0.4, 0.5) is 0 Å². The number of aromatic carboxylic acids is 1. The van der Waals surface area contributed by atoms with Crippen LogP contribution in [0.1, 0.15) is 53.3 Å². The second-order valence-electron chi connectivity index (χ2n) is 8.90. The molecule has 0 amide bonds. The standard InChI is InChI=1S/C23H28N4O3/c28-22(29)21-13-24-18(12-25-21)14-27-8-6-23(7-9-27)11-17(15-30-23)26-20-10-19(20)16-4-2-1-3-5-16/h1-5,12-13,17,19-20,26H,6-11,14-15H2,(H,28,29)/t17?,19-,20?/m0/s1. The number of aromatic nitrogens is 2. The highest BCUT2D eigenvalue weighted by Crippen LogP contribution is 2.43. The Morgan fingerprint density at radius 1 is 1.20 bits per heavy atom. The summed E-state index contributed by atoms with van der Waals surface area (Å²) < 4.78 is 6.32. The molecule has 3 atom stereocenters. The molecule has 1 spiro atoms. The van der Waals surface area contributed by atoms with Crippen molar-refractivity contribution in [1.29, 1.82) is 0 Å². The lowest BCUT2D eigenvalue weighted by Gasteiger charge is -2.38. The molecular formula is C23H28N4O3. The van der Waals surface area contributed by atoms with Crippen LogP contribution in [0, 0.1) is 0 Å². The van der Waals surface area contributed by atoms with Gasteiger partial charge in [-0.3, -0.25) is 9.88 Å². The zero-order chi connectivity index (χ0) is 20.6. The molecule has 2 saturated heterocycles. The number of nitrogens with zero attached hydrogens (tertiary/aromatic N) is 3. The zero-order valence-electron chi connectivity index (χ0n) is 17.0. The zero-order valence-corrected chi connectivity index (χ0v) is 17.0. The van der Waals surface area contributed by atoms with Crippen molar-refractivity contribution in [2.45, 2.75) is 55.8 Å². The minimum Gasteiger partial charge on any atom is -0.476 e. The van der Waals surface area contributed by atoms with Crippen molar-refractivity contribution in [2.75, 3.05) is 19.7 Å². The van der Waals surface area contributed by atoms with Crippen LogP contribution in [0.3, 0.4) is 0 Å². The minimum atomic E-state index is -1.04. The van der Waals surface area contributed by atoms with E-state index in [1.54, 1.807) is 6.20 Å². The Morgan fingerprint density at radius 3 is 2.70 bits per heavy atom. The number of carboxylic acids is 1. The monoisotopic (exact) mass is 408 g/mol. The van der Waals surface area contributed by atoms with Gasteiger partial charge in [0.05, 0.1) is 30.3 Å². The van der Waals surface area contributed by atoms with Gasteiger partial charge in [0.2, 0.25) is 0 Å². The quantitative estimate of drug-likeness (QED) is 0.759. The molecule has 2 unspecified atom stereocenters. The minimum absolute atomic E-state index is 0.00411. The van der Waals surface area contributed by atoms with Crippen molar-refractivity contribution in [3.63, 3.8) is 0 Å². The van der Waals surface area contributed by atoms with Crippen LogP contribution in [0.2, 0.25) is 0 Å². The van der Waals surface area contributed by atoms with E-state index in [4.69, 9.17) is 9.84 Å². The fourth-order valence-electron chi connectivity index (χ4n) is 4.94. The van der Waals surface area contributed by atoms with Crippen LogP contribution in [0.5, 0.6) is 0 Å². The number of hydrogen-bond acceptors (Lipinski definition) is 6. The van der Waals surface area contributed by atoms with Gasteiger partial charge in [0.25, 0.3) is 0 Å². The van der Waals surface area contributed by atoms with E-state index in [1.165, 1.54) is 18.2 Å². The number of rotatable bonds is 6. The van der Waals surface area contributed by atoms with Crippen molar-refractivity contribution in [3.05, 3.63) is 59.7 Å². The third-order valence-corrected chi connectivity index (χ3v) is 6.75. The molecule has 7 heteroatoms. The van der Waals surface area contributed by atoms with Gasteiger partial charge < -0.3 is 15.2 Å². The summed E-state index contributed by atoms with van der Waals surface area (Å²) >= 11 is 0. The third kappa shape index (κ3) is 4.24. The first kappa shape index (κ1) is 19.6. The van der Waals surface area contributed by atoms with Crippen LogP contribution >= 0.6 is 0 Å². The largest absolute Gasteiger partial charge is 0.476 e. The first-order valence-corrected chi connectivity index (χ1v) is 10.8. The Balaban J connectivity index is 1.09. The molecule has 2 aromatic rings. The lowest BCUT2D eigenvalue weighted by Crippen LogP contribution is -2.44. The molecule has 5 rings (SSSR count). The van der Waals surface area contributed by atoms with E-state index >= 15 is 0 Å². The first-order chi connectivity index (χ1) is 14.6.